The molecule has 1 aliphatic heterocycles. The molecule has 0 amide bonds. The van der Waals surface area contributed by atoms with Crippen LogP contribution in [0, 0.1) is 0 Å². The van der Waals surface area contributed by atoms with Gasteiger partial charge in [0.15, 0.2) is 0 Å². The monoisotopic (exact) mass is 208 g/mol. The third-order valence-electron chi connectivity index (χ3n) is 3.47. The Morgan fingerprint density at radius 1 is 1.47 bits per heavy atom. The number of hydrogen-bond donors (Lipinski definition) is 1. The van der Waals surface area contributed by atoms with Crippen LogP contribution >= 0.6 is 0 Å². The molecular weight excluding hydrogens is 188 g/mol. The van der Waals surface area contributed by atoms with E-state index in [1.165, 1.54) is 0 Å². The Labute approximate surface area is 90.9 Å². The third-order valence-corrected chi connectivity index (χ3v) is 3.47. The molecule has 0 saturated carbocycles. The summed E-state index contributed by atoms with van der Waals surface area (Å²) in [4.78, 5) is 0. The van der Waals surface area contributed by atoms with Gasteiger partial charge in [-0.3, -0.25) is 0 Å². The van der Waals surface area contributed by atoms with Crippen molar-refractivity contribution in [1.29, 1.82) is 0 Å². The van der Waals surface area contributed by atoms with Crippen LogP contribution in [0.4, 0.5) is 0 Å². The van der Waals surface area contributed by atoms with Crippen LogP contribution in [-0.4, -0.2) is 20.8 Å². The second kappa shape index (κ2) is 3.59. The molecule has 1 atom stereocenters. The number of nitrogens with zero attached hydrogens (tertiary/aromatic N) is 3. The molecule has 0 radical (unpaired) electrons. The van der Waals surface area contributed by atoms with Crippen LogP contribution in [-0.2, 0) is 18.4 Å². The first-order valence-electron chi connectivity index (χ1n) is 5.72. The van der Waals surface area contributed by atoms with Gasteiger partial charge in [-0.25, -0.2) is 0 Å². The molecule has 0 spiro atoms. The molecule has 0 bridgehead atoms. The van der Waals surface area contributed by atoms with E-state index in [0.717, 1.165) is 37.5 Å². The Balaban J connectivity index is 2.38. The Hall–Kier alpha value is -0.900. The van der Waals surface area contributed by atoms with Gasteiger partial charge in [0.25, 0.3) is 0 Å². The molecule has 0 aromatic carbocycles. The highest BCUT2D eigenvalue weighted by Crippen LogP contribution is 2.27. The maximum absolute atomic E-state index is 5.99. The normalized spacial score (nSPS) is 21.5. The number of hydrogen-bond acceptors (Lipinski definition) is 3. The summed E-state index contributed by atoms with van der Waals surface area (Å²) in [6.07, 6.45) is 3.07. The molecule has 15 heavy (non-hydrogen) atoms. The number of nitrogens with two attached hydrogens (primary N) is 1. The molecule has 0 aliphatic carbocycles. The number of aromatic nitrogens is 3. The highest BCUT2D eigenvalue weighted by molar-refractivity contribution is 5.09. The van der Waals surface area contributed by atoms with Gasteiger partial charge < -0.3 is 10.3 Å². The van der Waals surface area contributed by atoms with E-state index >= 15 is 0 Å². The van der Waals surface area contributed by atoms with Crippen molar-refractivity contribution >= 4 is 0 Å². The van der Waals surface area contributed by atoms with Crippen molar-refractivity contribution in [2.75, 3.05) is 0 Å². The van der Waals surface area contributed by atoms with Crippen LogP contribution in [0.5, 0.6) is 0 Å². The molecule has 2 heterocycles. The highest BCUT2D eigenvalue weighted by Gasteiger charge is 2.29. The molecule has 1 aromatic rings. The fraction of sp³-hybridized carbons (Fsp3) is 0.818. The number of aryl methyl sites for hydroxylation is 1. The lowest BCUT2D eigenvalue weighted by Crippen LogP contribution is -2.35. The summed E-state index contributed by atoms with van der Waals surface area (Å²) >= 11 is 0. The van der Waals surface area contributed by atoms with Gasteiger partial charge in [0.05, 0.1) is 0 Å². The molecule has 1 aromatic heterocycles. The lowest BCUT2D eigenvalue weighted by atomic mass is 9.89. The van der Waals surface area contributed by atoms with Crippen LogP contribution in [0.25, 0.3) is 0 Å². The molecule has 84 valence electrons. The van der Waals surface area contributed by atoms with Crippen LogP contribution in [0.2, 0.25) is 0 Å². The molecule has 0 fully saturated rings. The van der Waals surface area contributed by atoms with Crippen LogP contribution < -0.4 is 5.73 Å². The zero-order valence-electron chi connectivity index (χ0n) is 9.82. The smallest absolute Gasteiger partial charge is 0.138 e. The summed E-state index contributed by atoms with van der Waals surface area (Å²) < 4.78 is 2.22. The lowest BCUT2D eigenvalue weighted by molar-refractivity contribution is 0.393. The van der Waals surface area contributed by atoms with Crippen molar-refractivity contribution in [2.24, 2.45) is 5.73 Å². The van der Waals surface area contributed by atoms with Crippen molar-refractivity contribution in [1.82, 2.24) is 14.8 Å². The van der Waals surface area contributed by atoms with Gasteiger partial charge in [0, 0.05) is 24.4 Å². The van der Waals surface area contributed by atoms with Crippen LogP contribution in [0.1, 0.15) is 45.3 Å². The quantitative estimate of drug-likeness (QED) is 0.795. The molecule has 1 unspecified atom stereocenters. The predicted molar refractivity (Wildman–Crippen MR) is 59.6 cm³/mol. The number of fused-ring (bicyclic) bond motifs is 1. The maximum atomic E-state index is 5.99. The van der Waals surface area contributed by atoms with E-state index in [4.69, 9.17) is 5.73 Å². The average Bonchev–Trinajstić information content (AvgIpc) is 2.61. The molecule has 1 aliphatic rings. The summed E-state index contributed by atoms with van der Waals surface area (Å²) in [5.74, 6) is 2.20. The third kappa shape index (κ3) is 1.78. The second-order valence-electron chi connectivity index (χ2n) is 5.09. The van der Waals surface area contributed by atoms with Gasteiger partial charge in [0.2, 0.25) is 0 Å². The Kier molecular flexibility index (Phi) is 2.54. The van der Waals surface area contributed by atoms with Crippen molar-refractivity contribution in [3.63, 3.8) is 0 Å². The van der Waals surface area contributed by atoms with Gasteiger partial charge in [-0.05, 0) is 12.8 Å². The van der Waals surface area contributed by atoms with E-state index < -0.39 is 0 Å². The zero-order chi connectivity index (χ0) is 11.1. The molecular formula is C11H20N4. The lowest BCUT2D eigenvalue weighted by Gasteiger charge is -2.27. The average molecular weight is 208 g/mol. The molecule has 4 nitrogen and oxygen atoms in total. The van der Waals surface area contributed by atoms with E-state index in [1.807, 2.05) is 0 Å². The Morgan fingerprint density at radius 3 is 2.87 bits per heavy atom. The zero-order valence-corrected chi connectivity index (χ0v) is 9.82. The SMILES string of the molecule is CCC(C)(C)c1nnc2n1CC(N)CC2. The van der Waals surface area contributed by atoms with Gasteiger partial charge >= 0.3 is 0 Å². The molecule has 0 saturated heterocycles. The van der Waals surface area contributed by atoms with Crippen LogP contribution in [0.15, 0.2) is 0 Å². The van der Waals surface area contributed by atoms with E-state index in [9.17, 15) is 0 Å². The highest BCUT2D eigenvalue weighted by atomic mass is 15.3. The molecule has 4 heteroatoms. The summed E-state index contributed by atoms with van der Waals surface area (Å²) in [7, 11) is 0. The minimum absolute atomic E-state index is 0.0995. The van der Waals surface area contributed by atoms with Gasteiger partial charge in [-0.1, -0.05) is 20.8 Å². The predicted octanol–water partition coefficient (Wildman–Crippen LogP) is 1.24. The second-order valence-corrected chi connectivity index (χ2v) is 5.09. The summed E-state index contributed by atoms with van der Waals surface area (Å²) in [5.41, 5.74) is 6.09. The van der Waals surface area contributed by atoms with Crippen molar-refractivity contribution in [3.05, 3.63) is 11.6 Å². The largest absolute Gasteiger partial charge is 0.326 e. The van der Waals surface area contributed by atoms with Gasteiger partial charge in [-0.2, -0.15) is 0 Å². The molecule has 2 N–H and O–H groups in total. The topological polar surface area (TPSA) is 56.7 Å². The van der Waals surface area contributed by atoms with E-state index in [1.54, 1.807) is 0 Å². The minimum Gasteiger partial charge on any atom is -0.326 e. The fourth-order valence-electron chi connectivity index (χ4n) is 2.01. The van der Waals surface area contributed by atoms with Crippen molar-refractivity contribution < 1.29 is 0 Å². The minimum atomic E-state index is 0.0995. The standard InChI is InChI=1S/C11H20N4/c1-4-11(2,3)10-14-13-9-6-5-8(12)7-15(9)10/h8H,4-7,12H2,1-3H3. The summed E-state index contributed by atoms with van der Waals surface area (Å²) in [6.45, 7) is 7.49. The van der Waals surface area contributed by atoms with Gasteiger partial charge in [0.1, 0.15) is 11.6 Å². The first kappa shape index (κ1) is 10.6. The fourth-order valence-corrected chi connectivity index (χ4v) is 2.01. The van der Waals surface area contributed by atoms with Crippen LogP contribution in [0.3, 0.4) is 0 Å². The Bertz CT molecular complexity index is 353. The molecule has 2 rings (SSSR count). The van der Waals surface area contributed by atoms with E-state index in [0.29, 0.717) is 0 Å². The first-order valence-corrected chi connectivity index (χ1v) is 5.72. The van der Waals surface area contributed by atoms with Gasteiger partial charge in [-0.15, -0.1) is 10.2 Å². The van der Waals surface area contributed by atoms with Crippen molar-refractivity contribution in [3.8, 4) is 0 Å². The first-order chi connectivity index (χ1) is 7.04. The van der Waals surface area contributed by atoms with E-state index in [2.05, 4.69) is 35.5 Å². The van der Waals surface area contributed by atoms with Crippen molar-refractivity contribution in [2.45, 2.75) is 58.0 Å². The van der Waals surface area contributed by atoms with E-state index in [-0.39, 0.29) is 11.5 Å². The number of rotatable bonds is 2. The Morgan fingerprint density at radius 2 is 2.20 bits per heavy atom. The summed E-state index contributed by atoms with van der Waals surface area (Å²) in [5, 5.41) is 8.59. The summed E-state index contributed by atoms with van der Waals surface area (Å²) in [6, 6.07) is 0.264. The maximum Gasteiger partial charge on any atom is 0.138 e.